The number of rotatable bonds is 6. The van der Waals surface area contributed by atoms with Crippen molar-refractivity contribution in [2.45, 2.75) is 83.5 Å². The van der Waals surface area contributed by atoms with Gasteiger partial charge in [0.2, 0.25) is 0 Å². The predicted octanol–water partition coefficient (Wildman–Crippen LogP) is 8.76. The van der Waals surface area contributed by atoms with Crippen LogP contribution in [0.4, 0.5) is 0 Å². The quantitative estimate of drug-likeness (QED) is 0.438. The summed E-state index contributed by atoms with van der Waals surface area (Å²) in [4.78, 5) is 0. The molecule has 0 nitrogen and oxygen atoms in total. The van der Waals surface area contributed by atoms with Crippen molar-refractivity contribution in [1.82, 2.24) is 0 Å². The standard InChI is InChI=1S/C26H35Cl/c1-2-3-4-5-6-19-7-8-21-16-22(10-9-20(21)15-19)23-11-12-25-18-26(27)14-13-24(25)17-23/h11-14,17-22H,2-10,15-16H2,1H3. The molecule has 146 valence electrons. The van der Waals surface area contributed by atoms with Crippen LogP contribution in [-0.2, 0) is 0 Å². The fraction of sp³-hybridized carbons (Fsp3) is 0.615. The maximum absolute atomic E-state index is 6.14. The first-order valence-electron chi connectivity index (χ1n) is 11.4. The summed E-state index contributed by atoms with van der Waals surface area (Å²) in [6.45, 7) is 2.31. The molecular formula is C26H35Cl. The van der Waals surface area contributed by atoms with Gasteiger partial charge in [0.05, 0.1) is 0 Å². The first-order valence-corrected chi connectivity index (χ1v) is 11.8. The molecule has 2 fully saturated rings. The van der Waals surface area contributed by atoms with Crippen molar-refractivity contribution < 1.29 is 0 Å². The van der Waals surface area contributed by atoms with Gasteiger partial charge in [-0.1, -0.05) is 81.3 Å². The van der Waals surface area contributed by atoms with E-state index in [0.717, 1.165) is 28.7 Å². The normalized spacial score (nSPS) is 28.2. The van der Waals surface area contributed by atoms with E-state index in [4.69, 9.17) is 11.6 Å². The molecule has 0 aliphatic heterocycles. The van der Waals surface area contributed by atoms with Crippen LogP contribution in [0, 0.1) is 17.8 Å². The highest BCUT2D eigenvalue weighted by Gasteiger charge is 2.35. The largest absolute Gasteiger partial charge is 0.0843 e. The summed E-state index contributed by atoms with van der Waals surface area (Å²) in [7, 11) is 0. The molecule has 1 heteroatoms. The minimum Gasteiger partial charge on any atom is -0.0843 e. The lowest BCUT2D eigenvalue weighted by atomic mass is 9.63. The minimum atomic E-state index is 0.771. The molecule has 2 aromatic carbocycles. The molecule has 2 aromatic rings. The molecule has 2 saturated carbocycles. The predicted molar refractivity (Wildman–Crippen MR) is 119 cm³/mol. The molecule has 27 heavy (non-hydrogen) atoms. The van der Waals surface area contributed by atoms with Gasteiger partial charge in [0.25, 0.3) is 0 Å². The molecule has 0 N–H and O–H groups in total. The van der Waals surface area contributed by atoms with Gasteiger partial charge in [-0.05, 0) is 84.2 Å². The Bertz CT molecular complexity index is 749. The number of unbranched alkanes of at least 4 members (excludes halogenated alkanes) is 3. The van der Waals surface area contributed by atoms with E-state index in [9.17, 15) is 0 Å². The maximum atomic E-state index is 6.14. The first kappa shape index (κ1) is 19.3. The van der Waals surface area contributed by atoms with Crippen molar-refractivity contribution in [2.75, 3.05) is 0 Å². The van der Waals surface area contributed by atoms with E-state index >= 15 is 0 Å². The smallest absolute Gasteiger partial charge is 0.0412 e. The molecule has 0 saturated heterocycles. The second-order valence-electron chi connectivity index (χ2n) is 9.31. The monoisotopic (exact) mass is 382 g/mol. The summed E-state index contributed by atoms with van der Waals surface area (Å²) < 4.78 is 0. The summed E-state index contributed by atoms with van der Waals surface area (Å²) in [6.07, 6.45) is 16.0. The Morgan fingerprint density at radius 1 is 0.815 bits per heavy atom. The molecule has 0 radical (unpaired) electrons. The Morgan fingerprint density at radius 2 is 1.59 bits per heavy atom. The lowest BCUT2D eigenvalue weighted by Gasteiger charge is -2.42. The van der Waals surface area contributed by atoms with Crippen molar-refractivity contribution in [3.63, 3.8) is 0 Å². The van der Waals surface area contributed by atoms with Gasteiger partial charge in [0.1, 0.15) is 0 Å². The highest BCUT2D eigenvalue weighted by Crippen LogP contribution is 2.48. The van der Waals surface area contributed by atoms with E-state index in [1.54, 1.807) is 5.56 Å². The molecule has 0 amide bonds. The third-order valence-corrected chi connectivity index (χ3v) is 7.72. The van der Waals surface area contributed by atoms with Crippen LogP contribution < -0.4 is 0 Å². The zero-order valence-corrected chi connectivity index (χ0v) is 17.7. The van der Waals surface area contributed by atoms with Gasteiger partial charge in [-0.25, -0.2) is 0 Å². The minimum absolute atomic E-state index is 0.771. The SMILES string of the molecule is CCCCCCC1CCC2CC(c3ccc4cc(Cl)ccc4c3)CCC2C1. The van der Waals surface area contributed by atoms with Crippen molar-refractivity contribution >= 4 is 22.4 Å². The summed E-state index contributed by atoms with van der Waals surface area (Å²) in [5.74, 6) is 3.81. The number of hydrogen-bond donors (Lipinski definition) is 0. The van der Waals surface area contributed by atoms with Crippen LogP contribution in [-0.4, -0.2) is 0 Å². The Morgan fingerprint density at radius 3 is 2.48 bits per heavy atom. The van der Waals surface area contributed by atoms with E-state index in [1.807, 2.05) is 6.07 Å². The van der Waals surface area contributed by atoms with Gasteiger partial charge >= 0.3 is 0 Å². The Hall–Kier alpha value is -1.01. The fourth-order valence-corrected chi connectivity index (χ4v) is 6.08. The van der Waals surface area contributed by atoms with Crippen LogP contribution >= 0.6 is 11.6 Å². The third kappa shape index (κ3) is 4.70. The van der Waals surface area contributed by atoms with E-state index in [2.05, 4.69) is 37.3 Å². The Labute approximate surface area is 170 Å². The van der Waals surface area contributed by atoms with Crippen LogP contribution in [0.15, 0.2) is 36.4 Å². The van der Waals surface area contributed by atoms with Gasteiger partial charge in [0, 0.05) is 5.02 Å². The van der Waals surface area contributed by atoms with Crippen LogP contribution in [0.3, 0.4) is 0 Å². The lowest BCUT2D eigenvalue weighted by Crippen LogP contribution is -2.30. The lowest BCUT2D eigenvalue weighted by molar-refractivity contribution is 0.113. The summed E-state index contributed by atoms with van der Waals surface area (Å²) in [5, 5.41) is 3.44. The van der Waals surface area contributed by atoms with Crippen LogP contribution in [0.5, 0.6) is 0 Å². The molecular weight excluding hydrogens is 348 g/mol. The van der Waals surface area contributed by atoms with E-state index in [-0.39, 0.29) is 0 Å². The van der Waals surface area contributed by atoms with Gasteiger partial charge in [-0.2, -0.15) is 0 Å². The van der Waals surface area contributed by atoms with Crippen molar-refractivity contribution in [3.8, 4) is 0 Å². The Balaban J connectivity index is 1.35. The molecule has 0 aromatic heterocycles. The molecule has 4 unspecified atom stereocenters. The first-order chi connectivity index (χ1) is 13.2. The average molecular weight is 383 g/mol. The average Bonchev–Trinajstić information content (AvgIpc) is 2.70. The molecule has 2 aliphatic rings. The molecule has 4 rings (SSSR count). The van der Waals surface area contributed by atoms with Gasteiger partial charge < -0.3 is 0 Å². The third-order valence-electron chi connectivity index (χ3n) is 7.49. The van der Waals surface area contributed by atoms with Crippen LogP contribution in [0.25, 0.3) is 10.8 Å². The number of benzene rings is 2. The van der Waals surface area contributed by atoms with Crippen LogP contribution in [0.2, 0.25) is 5.02 Å². The second kappa shape index (κ2) is 8.99. The van der Waals surface area contributed by atoms with Gasteiger partial charge in [0.15, 0.2) is 0 Å². The van der Waals surface area contributed by atoms with E-state index in [0.29, 0.717) is 0 Å². The summed E-state index contributed by atoms with van der Waals surface area (Å²) in [6, 6.07) is 13.3. The zero-order valence-electron chi connectivity index (χ0n) is 16.9. The van der Waals surface area contributed by atoms with Gasteiger partial charge in [-0.3, -0.25) is 0 Å². The van der Waals surface area contributed by atoms with Crippen molar-refractivity contribution in [1.29, 1.82) is 0 Å². The molecule has 0 bridgehead atoms. The van der Waals surface area contributed by atoms with E-state index in [1.165, 1.54) is 81.4 Å². The molecule has 2 aliphatic carbocycles. The fourth-order valence-electron chi connectivity index (χ4n) is 5.90. The van der Waals surface area contributed by atoms with Gasteiger partial charge in [-0.15, -0.1) is 0 Å². The number of fused-ring (bicyclic) bond motifs is 2. The highest BCUT2D eigenvalue weighted by molar-refractivity contribution is 6.31. The topological polar surface area (TPSA) is 0 Å². The van der Waals surface area contributed by atoms with Crippen molar-refractivity contribution in [2.24, 2.45) is 17.8 Å². The number of halogens is 1. The molecule has 0 heterocycles. The van der Waals surface area contributed by atoms with Crippen LogP contribution in [0.1, 0.15) is 89.0 Å². The second-order valence-corrected chi connectivity index (χ2v) is 9.75. The summed E-state index contributed by atoms with van der Waals surface area (Å²) in [5.41, 5.74) is 1.56. The Kier molecular flexibility index (Phi) is 6.43. The van der Waals surface area contributed by atoms with E-state index < -0.39 is 0 Å². The maximum Gasteiger partial charge on any atom is 0.0412 e. The molecule has 0 spiro atoms. The summed E-state index contributed by atoms with van der Waals surface area (Å²) >= 11 is 6.14. The molecule has 4 atom stereocenters. The zero-order chi connectivity index (χ0) is 18.6. The van der Waals surface area contributed by atoms with Crippen molar-refractivity contribution in [3.05, 3.63) is 47.0 Å². The highest BCUT2D eigenvalue weighted by atomic mass is 35.5. The number of hydrogen-bond acceptors (Lipinski definition) is 0.